The summed E-state index contributed by atoms with van der Waals surface area (Å²) >= 11 is 1.72. The maximum absolute atomic E-state index is 7.42. The Bertz CT molecular complexity index is 3060. The smallest absolute Gasteiger partial charge is 0.187 e. The minimum absolute atomic E-state index is 0.580. The van der Waals surface area contributed by atoms with Gasteiger partial charge in [0.25, 0.3) is 0 Å². The highest BCUT2D eigenvalue weighted by atomic mass is 32.1. The molecule has 266 valence electrons. The third-order valence-electron chi connectivity index (χ3n) is 9.81. The Morgan fingerprint density at radius 2 is 0.807 bits per heavy atom. The number of rotatable bonds is 7. The fourth-order valence-electron chi connectivity index (χ4n) is 6.96. The molecule has 7 aromatic carbocycles. The third-order valence-corrected chi connectivity index (χ3v) is 11.0. The van der Waals surface area contributed by atoms with Crippen molar-refractivity contribution in [1.82, 2.24) is 29.9 Å². The van der Waals surface area contributed by atoms with E-state index in [2.05, 4.69) is 41.2 Å². The van der Waals surface area contributed by atoms with Crippen molar-refractivity contribution in [1.29, 1.82) is 0 Å². The molecular formula is C49H29N7S. The standard InChI is InChI=1S/C49H29N7S/c1-50-38-20-11-19-36(29-38)31-23-25-35(26-24-31)47-51-44(32-13-5-2-6-14-32)53-48(54-47)37-27-28-42-41(30-37)39-21-12-22-40(43(39)57-42)49-55-45(33-15-7-3-8-16-33)52-46(56-49)34-17-9-4-10-18-34/h2-30H. The summed E-state index contributed by atoms with van der Waals surface area (Å²) in [6.45, 7) is 7.42. The molecule has 0 atom stereocenters. The highest BCUT2D eigenvalue weighted by Gasteiger charge is 2.18. The zero-order valence-corrected chi connectivity index (χ0v) is 31.1. The van der Waals surface area contributed by atoms with Gasteiger partial charge < -0.3 is 0 Å². The van der Waals surface area contributed by atoms with Crippen molar-refractivity contribution in [2.45, 2.75) is 0 Å². The first-order chi connectivity index (χ1) is 28.2. The van der Waals surface area contributed by atoms with E-state index < -0.39 is 0 Å². The molecule has 0 saturated carbocycles. The number of hydrogen-bond acceptors (Lipinski definition) is 7. The quantitative estimate of drug-likeness (QED) is 0.151. The van der Waals surface area contributed by atoms with E-state index >= 15 is 0 Å². The van der Waals surface area contributed by atoms with Crippen LogP contribution in [0.5, 0.6) is 0 Å². The van der Waals surface area contributed by atoms with Crippen molar-refractivity contribution < 1.29 is 0 Å². The molecule has 0 aliphatic carbocycles. The van der Waals surface area contributed by atoms with Crippen LogP contribution in [0.4, 0.5) is 5.69 Å². The number of hydrogen-bond donors (Lipinski definition) is 0. The third kappa shape index (κ3) is 6.59. The lowest BCUT2D eigenvalue weighted by Crippen LogP contribution is -2.00. The lowest BCUT2D eigenvalue weighted by atomic mass is 10.0. The first kappa shape index (κ1) is 33.8. The fraction of sp³-hybridized carbons (Fsp3) is 0. The van der Waals surface area contributed by atoms with Crippen LogP contribution in [0, 0.1) is 6.57 Å². The van der Waals surface area contributed by atoms with Crippen LogP contribution in [0.25, 0.3) is 104 Å². The number of nitrogens with zero attached hydrogens (tertiary/aromatic N) is 7. The Balaban J connectivity index is 1.09. The van der Waals surface area contributed by atoms with Crippen molar-refractivity contribution >= 4 is 37.2 Å². The van der Waals surface area contributed by atoms with Crippen LogP contribution in [0.3, 0.4) is 0 Å². The average molecular weight is 748 g/mol. The Morgan fingerprint density at radius 1 is 0.351 bits per heavy atom. The molecule has 0 spiro atoms. The van der Waals surface area contributed by atoms with E-state index in [9.17, 15) is 0 Å². The normalized spacial score (nSPS) is 11.1. The molecule has 0 N–H and O–H groups in total. The molecule has 3 aromatic heterocycles. The molecule has 3 heterocycles. The highest BCUT2D eigenvalue weighted by Crippen LogP contribution is 2.41. The number of thiophene rings is 1. The zero-order chi connectivity index (χ0) is 38.1. The average Bonchev–Trinajstić information content (AvgIpc) is 3.68. The van der Waals surface area contributed by atoms with E-state index in [1.807, 2.05) is 140 Å². The Labute approximate surface area is 332 Å². The first-order valence-corrected chi connectivity index (χ1v) is 19.2. The van der Waals surface area contributed by atoms with Gasteiger partial charge in [0.15, 0.2) is 40.6 Å². The summed E-state index contributed by atoms with van der Waals surface area (Å²) in [4.78, 5) is 33.6. The zero-order valence-electron chi connectivity index (χ0n) is 30.3. The highest BCUT2D eigenvalue weighted by molar-refractivity contribution is 7.26. The molecule has 0 aliphatic heterocycles. The van der Waals surface area contributed by atoms with E-state index in [0.29, 0.717) is 40.6 Å². The van der Waals surface area contributed by atoms with Crippen LogP contribution in [0.15, 0.2) is 176 Å². The lowest BCUT2D eigenvalue weighted by molar-refractivity contribution is 1.07. The molecule has 10 rings (SSSR count). The summed E-state index contributed by atoms with van der Waals surface area (Å²) in [5.74, 6) is 3.64. The van der Waals surface area contributed by atoms with Crippen LogP contribution in [-0.4, -0.2) is 29.9 Å². The minimum Gasteiger partial charge on any atom is -0.238 e. The molecule has 0 radical (unpaired) electrons. The van der Waals surface area contributed by atoms with Crippen molar-refractivity contribution in [2.24, 2.45) is 0 Å². The molecule has 0 aliphatic rings. The second kappa shape index (κ2) is 14.5. The van der Waals surface area contributed by atoms with Crippen LogP contribution in [-0.2, 0) is 0 Å². The molecule has 0 saturated heterocycles. The minimum atomic E-state index is 0.580. The van der Waals surface area contributed by atoms with Gasteiger partial charge in [-0.05, 0) is 41.5 Å². The molecule has 10 aromatic rings. The van der Waals surface area contributed by atoms with Crippen LogP contribution in [0.2, 0.25) is 0 Å². The van der Waals surface area contributed by atoms with E-state index in [4.69, 9.17) is 36.5 Å². The topological polar surface area (TPSA) is 81.7 Å². The molecule has 0 unspecified atom stereocenters. The van der Waals surface area contributed by atoms with Gasteiger partial charge in [0.1, 0.15) is 0 Å². The predicted octanol–water partition coefficient (Wildman–Crippen LogP) is 12.6. The molecule has 7 nitrogen and oxygen atoms in total. The van der Waals surface area contributed by atoms with Gasteiger partial charge in [-0.1, -0.05) is 146 Å². The van der Waals surface area contributed by atoms with Crippen molar-refractivity contribution in [2.75, 3.05) is 0 Å². The molecule has 0 bridgehead atoms. The van der Waals surface area contributed by atoms with Crippen molar-refractivity contribution in [3.63, 3.8) is 0 Å². The number of aromatic nitrogens is 6. The van der Waals surface area contributed by atoms with Crippen LogP contribution >= 0.6 is 11.3 Å². The maximum Gasteiger partial charge on any atom is 0.187 e. The number of fused-ring (bicyclic) bond motifs is 3. The summed E-state index contributed by atoms with van der Waals surface area (Å²) in [7, 11) is 0. The van der Waals surface area contributed by atoms with Crippen LogP contribution in [0.1, 0.15) is 0 Å². The van der Waals surface area contributed by atoms with Crippen molar-refractivity contribution in [3.8, 4) is 79.5 Å². The molecule has 0 fully saturated rings. The van der Waals surface area contributed by atoms with Gasteiger partial charge in [-0.25, -0.2) is 34.7 Å². The van der Waals surface area contributed by atoms with E-state index in [0.717, 1.165) is 64.7 Å². The van der Waals surface area contributed by atoms with Gasteiger partial charge in [0, 0.05) is 53.6 Å². The summed E-state index contributed by atoms with van der Waals surface area (Å²) in [6, 6.07) is 58.6. The van der Waals surface area contributed by atoms with Gasteiger partial charge in [-0.15, -0.1) is 11.3 Å². The second-order valence-electron chi connectivity index (χ2n) is 13.4. The SMILES string of the molecule is [C-]#[N+]c1cccc(-c2ccc(-c3nc(-c4ccccc4)nc(-c4ccc5sc6c(-c7nc(-c8ccccc8)nc(-c8ccccc8)n7)cccc6c5c4)n3)cc2)c1. The fourth-order valence-corrected chi connectivity index (χ4v) is 8.15. The van der Waals surface area contributed by atoms with Gasteiger partial charge in [0.2, 0.25) is 0 Å². The summed E-state index contributed by atoms with van der Waals surface area (Å²) in [5.41, 5.74) is 8.08. The van der Waals surface area contributed by atoms with Gasteiger partial charge >= 0.3 is 0 Å². The maximum atomic E-state index is 7.42. The summed E-state index contributed by atoms with van der Waals surface area (Å²) in [5, 5.41) is 2.21. The van der Waals surface area contributed by atoms with Crippen LogP contribution < -0.4 is 0 Å². The molecular weight excluding hydrogens is 719 g/mol. The molecule has 57 heavy (non-hydrogen) atoms. The Kier molecular flexibility index (Phi) is 8.60. The molecule has 8 heteroatoms. The summed E-state index contributed by atoms with van der Waals surface area (Å²) < 4.78 is 2.23. The number of benzene rings is 7. The Morgan fingerprint density at radius 3 is 1.37 bits per heavy atom. The lowest BCUT2D eigenvalue weighted by Gasteiger charge is -2.09. The van der Waals surface area contributed by atoms with E-state index in [1.165, 1.54) is 0 Å². The van der Waals surface area contributed by atoms with Gasteiger partial charge in [-0.2, -0.15) is 0 Å². The van der Waals surface area contributed by atoms with Crippen molar-refractivity contribution in [3.05, 3.63) is 187 Å². The van der Waals surface area contributed by atoms with E-state index in [1.54, 1.807) is 11.3 Å². The predicted molar refractivity (Wildman–Crippen MR) is 230 cm³/mol. The van der Waals surface area contributed by atoms with E-state index in [-0.39, 0.29) is 0 Å². The van der Waals surface area contributed by atoms with Gasteiger partial charge in [0.05, 0.1) is 6.57 Å². The monoisotopic (exact) mass is 747 g/mol. The first-order valence-electron chi connectivity index (χ1n) is 18.4. The molecule has 0 amide bonds. The largest absolute Gasteiger partial charge is 0.238 e. The summed E-state index contributed by atoms with van der Waals surface area (Å²) in [6.07, 6.45) is 0. The van der Waals surface area contributed by atoms with Gasteiger partial charge in [-0.3, -0.25) is 0 Å². The Hall–Kier alpha value is -7.73. The second-order valence-corrected chi connectivity index (χ2v) is 14.5.